The average Bonchev–Trinajstić information content (AvgIpc) is 2.72. The van der Waals surface area contributed by atoms with Gasteiger partial charge in [-0.25, -0.2) is 17.5 Å². The van der Waals surface area contributed by atoms with Crippen LogP contribution in [-0.4, -0.2) is 19.6 Å². The molecule has 21 heavy (non-hydrogen) atoms. The zero-order valence-electron chi connectivity index (χ0n) is 11.9. The number of benzene rings is 1. The van der Waals surface area contributed by atoms with Crippen LogP contribution in [0, 0.1) is 17.7 Å². The third kappa shape index (κ3) is 3.47. The predicted molar refractivity (Wildman–Crippen MR) is 81.7 cm³/mol. The van der Waals surface area contributed by atoms with E-state index in [0.29, 0.717) is 10.4 Å². The minimum atomic E-state index is -3.95. The Morgan fingerprint density at radius 2 is 2.05 bits per heavy atom. The summed E-state index contributed by atoms with van der Waals surface area (Å²) in [6, 6.07) is 2.41. The van der Waals surface area contributed by atoms with Crippen molar-refractivity contribution in [1.82, 2.24) is 4.72 Å². The van der Waals surface area contributed by atoms with Crippen LogP contribution < -0.4 is 4.72 Å². The van der Waals surface area contributed by atoms with Crippen LogP contribution in [-0.2, 0) is 16.6 Å². The fourth-order valence-corrected chi connectivity index (χ4v) is 4.89. The van der Waals surface area contributed by atoms with Crippen LogP contribution in [0.5, 0.6) is 0 Å². The molecule has 0 aromatic heterocycles. The highest BCUT2D eigenvalue weighted by Gasteiger charge is 2.34. The zero-order chi connectivity index (χ0) is 15.8. The van der Waals surface area contributed by atoms with Gasteiger partial charge in [-0.05, 0) is 36.8 Å². The summed E-state index contributed by atoms with van der Waals surface area (Å²) in [7, 11) is -3.95. The Kier molecular flexibility index (Phi) is 5.07. The van der Waals surface area contributed by atoms with Gasteiger partial charge in [0.15, 0.2) is 0 Å². The summed E-state index contributed by atoms with van der Waals surface area (Å²) in [5.74, 6) is -0.239. The Morgan fingerprint density at radius 1 is 1.38 bits per heavy atom. The third-order valence-corrected chi connectivity index (χ3v) is 6.26. The van der Waals surface area contributed by atoms with Crippen molar-refractivity contribution in [3.63, 3.8) is 0 Å². The first-order chi connectivity index (χ1) is 9.76. The molecule has 1 aliphatic rings. The maximum absolute atomic E-state index is 14.2. The number of hydrogen-bond acceptors (Lipinski definition) is 3. The summed E-state index contributed by atoms with van der Waals surface area (Å²) in [4.78, 5) is -0.423. The van der Waals surface area contributed by atoms with E-state index >= 15 is 0 Å². The van der Waals surface area contributed by atoms with Crippen LogP contribution >= 0.6 is 15.9 Å². The number of halogens is 2. The molecular weight excluding hydrogens is 361 g/mol. The highest BCUT2D eigenvalue weighted by atomic mass is 79.9. The van der Waals surface area contributed by atoms with Gasteiger partial charge in [-0.2, -0.15) is 0 Å². The summed E-state index contributed by atoms with van der Waals surface area (Å²) in [6.45, 7) is 3.54. The molecule has 0 heterocycles. The molecule has 1 aromatic rings. The van der Waals surface area contributed by atoms with Crippen molar-refractivity contribution in [2.45, 2.75) is 44.2 Å². The molecule has 0 amide bonds. The Balaban J connectivity index is 2.34. The molecule has 3 unspecified atom stereocenters. The van der Waals surface area contributed by atoms with Crippen molar-refractivity contribution in [3.05, 3.63) is 28.0 Å². The summed E-state index contributed by atoms with van der Waals surface area (Å²) in [6.07, 6.45) is 1.71. The molecule has 0 bridgehead atoms. The minimum Gasteiger partial charge on any atom is -0.392 e. The van der Waals surface area contributed by atoms with Crippen LogP contribution in [0.15, 0.2) is 21.5 Å². The summed E-state index contributed by atoms with van der Waals surface area (Å²) < 4.78 is 42.1. The van der Waals surface area contributed by atoms with E-state index in [1.807, 2.05) is 6.92 Å². The van der Waals surface area contributed by atoms with Crippen molar-refractivity contribution in [1.29, 1.82) is 0 Å². The summed E-state index contributed by atoms with van der Waals surface area (Å²) in [5.41, 5.74) is -0.0439. The van der Waals surface area contributed by atoms with E-state index in [4.69, 9.17) is 5.11 Å². The molecule has 0 saturated heterocycles. The van der Waals surface area contributed by atoms with Crippen LogP contribution in [0.2, 0.25) is 0 Å². The molecule has 0 aliphatic heterocycles. The molecule has 2 N–H and O–H groups in total. The van der Waals surface area contributed by atoms with Gasteiger partial charge in [0.05, 0.1) is 6.61 Å². The first kappa shape index (κ1) is 16.9. The smallest absolute Gasteiger partial charge is 0.243 e. The SMILES string of the molecule is CC1CCC(NS(=O)(=O)c2cc(Br)cc(CO)c2F)C1C. The van der Waals surface area contributed by atoms with Crippen molar-refractivity contribution >= 4 is 26.0 Å². The second kappa shape index (κ2) is 6.32. The molecule has 0 spiro atoms. The number of rotatable bonds is 4. The fraction of sp³-hybridized carbons (Fsp3) is 0.571. The van der Waals surface area contributed by atoms with E-state index in [-0.39, 0.29) is 17.5 Å². The van der Waals surface area contributed by atoms with Gasteiger partial charge < -0.3 is 5.11 Å². The number of aliphatic hydroxyl groups is 1. The number of sulfonamides is 1. The number of hydrogen-bond donors (Lipinski definition) is 2. The monoisotopic (exact) mass is 379 g/mol. The molecule has 4 nitrogen and oxygen atoms in total. The maximum Gasteiger partial charge on any atom is 0.243 e. The molecule has 2 rings (SSSR count). The molecule has 1 aliphatic carbocycles. The fourth-order valence-electron chi connectivity index (χ4n) is 2.72. The van der Waals surface area contributed by atoms with Gasteiger partial charge in [0.1, 0.15) is 10.7 Å². The predicted octanol–water partition coefficient (Wildman–Crippen LogP) is 2.79. The Hall–Kier alpha value is -0.500. The quantitative estimate of drug-likeness (QED) is 0.844. The van der Waals surface area contributed by atoms with Crippen LogP contribution in [0.3, 0.4) is 0 Å². The van der Waals surface area contributed by atoms with E-state index < -0.39 is 27.3 Å². The van der Waals surface area contributed by atoms with Gasteiger partial charge in [0.2, 0.25) is 10.0 Å². The molecule has 1 aromatic carbocycles. The first-order valence-corrected chi connectivity index (χ1v) is 9.15. The lowest BCUT2D eigenvalue weighted by atomic mass is 9.98. The summed E-state index contributed by atoms with van der Waals surface area (Å²) in [5, 5.41) is 9.12. The standard InChI is InChI=1S/C14H19BrFNO3S/c1-8-3-4-12(9(8)2)17-21(19,20)13-6-11(15)5-10(7-18)14(13)16/h5-6,8-9,12,17-18H,3-4,7H2,1-2H3. The molecule has 0 radical (unpaired) electrons. The summed E-state index contributed by atoms with van der Waals surface area (Å²) >= 11 is 3.14. The van der Waals surface area contributed by atoms with Crippen molar-refractivity contribution in [2.75, 3.05) is 0 Å². The van der Waals surface area contributed by atoms with Crippen LogP contribution in [0.25, 0.3) is 0 Å². The highest BCUT2D eigenvalue weighted by Crippen LogP contribution is 2.33. The van der Waals surface area contributed by atoms with Crippen molar-refractivity contribution < 1.29 is 17.9 Å². The lowest BCUT2D eigenvalue weighted by molar-refractivity contribution is 0.274. The molecule has 3 atom stereocenters. The van der Waals surface area contributed by atoms with Crippen LogP contribution in [0.1, 0.15) is 32.3 Å². The number of aliphatic hydroxyl groups excluding tert-OH is 1. The van der Waals surface area contributed by atoms with E-state index in [1.165, 1.54) is 12.1 Å². The Morgan fingerprint density at radius 3 is 2.57 bits per heavy atom. The average molecular weight is 380 g/mol. The molecule has 1 saturated carbocycles. The highest BCUT2D eigenvalue weighted by molar-refractivity contribution is 9.10. The second-order valence-corrected chi connectivity index (χ2v) is 8.27. The molecule has 7 heteroatoms. The van der Waals surface area contributed by atoms with E-state index in [2.05, 4.69) is 27.6 Å². The van der Waals surface area contributed by atoms with Crippen LogP contribution in [0.4, 0.5) is 4.39 Å². The van der Waals surface area contributed by atoms with Crippen molar-refractivity contribution in [3.8, 4) is 0 Å². The molecule has 1 fully saturated rings. The van der Waals surface area contributed by atoms with E-state index in [1.54, 1.807) is 0 Å². The lowest BCUT2D eigenvalue weighted by Gasteiger charge is -2.20. The van der Waals surface area contributed by atoms with Gasteiger partial charge >= 0.3 is 0 Å². The Labute approximate surface area is 132 Å². The second-order valence-electron chi connectivity index (χ2n) is 5.68. The number of nitrogens with one attached hydrogen (secondary N) is 1. The molecule has 118 valence electrons. The van der Waals surface area contributed by atoms with Gasteiger partial charge in [0.25, 0.3) is 0 Å². The van der Waals surface area contributed by atoms with Gasteiger partial charge in [-0.3, -0.25) is 0 Å². The third-order valence-electron chi connectivity index (χ3n) is 4.31. The topological polar surface area (TPSA) is 66.4 Å². The minimum absolute atomic E-state index is 0.0439. The van der Waals surface area contributed by atoms with Crippen molar-refractivity contribution in [2.24, 2.45) is 11.8 Å². The van der Waals surface area contributed by atoms with Gasteiger partial charge in [0, 0.05) is 16.1 Å². The lowest BCUT2D eigenvalue weighted by Crippen LogP contribution is -2.37. The van der Waals surface area contributed by atoms with E-state index in [9.17, 15) is 12.8 Å². The first-order valence-electron chi connectivity index (χ1n) is 6.87. The van der Waals surface area contributed by atoms with Gasteiger partial charge in [-0.15, -0.1) is 0 Å². The van der Waals surface area contributed by atoms with E-state index in [0.717, 1.165) is 12.8 Å². The zero-order valence-corrected chi connectivity index (χ0v) is 14.3. The Bertz CT molecular complexity index is 635. The normalized spacial score (nSPS) is 26.2. The molecular formula is C14H19BrFNO3S. The largest absolute Gasteiger partial charge is 0.392 e. The maximum atomic E-state index is 14.2. The van der Waals surface area contributed by atoms with Gasteiger partial charge in [-0.1, -0.05) is 29.8 Å².